The van der Waals surface area contributed by atoms with Gasteiger partial charge in [-0.25, -0.2) is 9.59 Å². The van der Waals surface area contributed by atoms with Crippen molar-refractivity contribution < 1.29 is 19.8 Å². The Morgan fingerprint density at radius 1 is 1.62 bits per heavy atom. The van der Waals surface area contributed by atoms with E-state index in [-0.39, 0.29) is 18.0 Å². The SMILES string of the molecule is O=C(O)C1=CCN(C(=O)O)[C@@H]1CCl. The lowest BCUT2D eigenvalue weighted by atomic mass is 10.1. The number of alkyl halides is 1. The third kappa shape index (κ3) is 1.75. The number of carboxylic acid groups (broad SMARTS) is 2. The van der Waals surface area contributed by atoms with Gasteiger partial charge in [-0.2, -0.15) is 0 Å². The van der Waals surface area contributed by atoms with Crippen molar-refractivity contribution in [1.29, 1.82) is 0 Å². The highest BCUT2D eigenvalue weighted by Gasteiger charge is 2.33. The molecular formula is C7H8ClNO4. The van der Waals surface area contributed by atoms with Crippen LogP contribution in [0.4, 0.5) is 4.79 Å². The molecule has 0 saturated heterocycles. The summed E-state index contributed by atoms with van der Waals surface area (Å²) < 4.78 is 0. The van der Waals surface area contributed by atoms with E-state index in [1.807, 2.05) is 0 Å². The van der Waals surface area contributed by atoms with Gasteiger partial charge >= 0.3 is 12.1 Å². The molecule has 1 atom stereocenters. The van der Waals surface area contributed by atoms with Crippen LogP contribution >= 0.6 is 11.6 Å². The molecule has 0 aromatic rings. The maximum Gasteiger partial charge on any atom is 0.408 e. The Hall–Kier alpha value is -1.23. The van der Waals surface area contributed by atoms with E-state index in [1.165, 1.54) is 6.08 Å². The van der Waals surface area contributed by atoms with Crippen molar-refractivity contribution in [2.75, 3.05) is 12.4 Å². The first kappa shape index (κ1) is 9.85. The second-order valence-electron chi connectivity index (χ2n) is 2.57. The number of hydrogen-bond donors (Lipinski definition) is 2. The highest BCUT2D eigenvalue weighted by atomic mass is 35.5. The predicted molar refractivity (Wildman–Crippen MR) is 45.0 cm³/mol. The molecule has 0 aliphatic carbocycles. The van der Waals surface area contributed by atoms with E-state index in [9.17, 15) is 9.59 Å². The second kappa shape index (κ2) is 3.66. The minimum Gasteiger partial charge on any atom is -0.478 e. The Morgan fingerprint density at radius 3 is 2.62 bits per heavy atom. The fourth-order valence-electron chi connectivity index (χ4n) is 1.24. The molecule has 1 aliphatic rings. The summed E-state index contributed by atoms with van der Waals surface area (Å²) in [6, 6.07) is -0.725. The van der Waals surface area contributed by atoms with E-state index in [4.69, 9.17) is 21.8 Å². The Morgan fingerprint density at radius 2 is 2.23 bits per heavy atom. The molecule has 1 rings (SSSR count). The van der Waals surface area contributed by atoms with E-state index in [2.05, 4.69) is 0 Å². The van der Waals surface area contributed by atoms with Gasteiger partial charge in [0.1, 0.15) is 0 Å². The molecule has 0 aromatic carbocycles. The Kier molecular flexibility index (Phi) is 2.77. The van der Waals surface area contributed by atoms with Crippen molar-refractivity contribution in [3.05, 3.63) is 11.6 Å². The molecule has 0 fully saturated rings. The summed E-state index contributed by atoms with van der Waals surface area (Å²) in [5.41, 5.74) is 0.0531. The van der Waals surface area contributed by atoms with Gasteiger partial charge in [0.05, 0.1) is 11.6 Å². The van der Waals surface area contributed by atoms with Gasteiger partial charge in [0.2, 0.25) is 0 Å². The molecule has 0 spiro atoms. The monoisotopic (exact) mass is 205 g/mol. The Balaban J connectivity index is 2.82. The fourth-order valence-corrected chi connectivity index (χ4v) is 1.57. The van der Waals surface area contributed by atoms with Crippen LogP contribution in [-0.2, 0) is 4.79 Å². The van der Waals surface area contributed by atoms with Gasteiger partial charge in [-0.3, -0.25) is 4.90 Å². The summed E-state index contributed by atoms with van der Waals surface area (Å²) in [6.07, 6.45) is 0.210. The summed E-state index contributed by atoms with van der Waals surface area (Å²) in [6.45, 7) is 0.0916. The van der Waals surface area contributed by atoms with Crippen molar-refractivity contribution in [1.82, 2.24) is 4.90 Å². The number of halogens is 1. The third-order valence-electron chi connectivity index (χ3n) is 1.88. The van der Waals surface area contributed by atoms with E-state index in [1.54, 1.807) is 0 Å². The molecule has 1 aliphatic heterocycles. The van der Waals surface area contributed by atoms with Crippen LogP contribution in [0.1, 0.15) is 0 Å². The van der Waals surface area contributed by atoms with Gasteiger partial charge in [0.15, 0.2) is 0 Å². The molecule has 5 nitrogen and oxygen atoms in total. The lowest BCUT2D eigenvalue weighted by Crippen LogP contribution is -2.38. The molecule has 72 valence electrons. The van der Waals surface area contributed by atoms with Crippen molar-refractivity contribution in [3.63, 3.8) is 0 Å². The van der Waals surface area contributed by atoms with Gasteiger partial charge in [-0.15, -0.1) is 11.6 Å². The second-order valence-corrected chi connectivity index (χ2v) is 2.88. The average Bonchev–Trinajstić information content (AvgIpc) is 2.46. The zero-order chi connectivity index (χ0) is 10.0. The third-order valence-corrected chi connectivity index (χ3v) is 2.17. The van der Waals surface area contributed by atoms with E-state index < -0.39 is 18.1 Å². The zero-order valence-electron chi connectivity index (χ0n) is 6.61. The minimum absolute atomic E-state index is 0.0373. The first-order valence-electron chi connectivity index (χ1n) is 3.56. The number of carbonyl (C=O) groups is 2. The Labute approximate surface area is 79.2 Å². The molecule has 6 heteroatoms. The van der Waals surface area contributed by atoms with Gasteiger partial charge in [-0.05, 0) is 0 Å². The summed E-state index contributed by atoms with van der Waals surface area (Å²) in [4.78, 5) is 22.2. The van der Waals surface area contributed by atoms with E-state index in [0.29, 0.717) is 0 Å². The smallest absolute Gasteiger partial charge is 0.408 e. The average molecular weight is 206 g/mol. The van der Waals surface area contributed by atoms with E-state index >= 15 is 0 Å². The lowest BCUT2D eigenvalue weighted by Gasteiger charge is -2.20. The molecule has 13 heavy (non-hydrogen) atoms. The quantitative estimate of drug-likeness (QED) is 0.647. The molecule has 0 radical (unpaired) electrons. The number of rotatable bonds is 2. The van der Waals surface area contributed by atoms with Gasteiger partial charge in [0.25, 0.3) is 0 Å². The Bertz CT molecular complexity index is 276. The maximum absolute atomic E-state index is 10.6. The molecule has 1 heterocycles. The lowest BCUT2D eigenvalue weighted by molar-refractivity contribution is -0.133. The predicted octanol–water partition coefficient (Wildman–Crippen LogP) is 0.598. The van der Waals surface area contributed by atoms with Crippen LogP contribution in [0.5, 0.6) is 0 Å². The number of hydrogen-bond acceptors (Lipinski definition) is 2. The van der Waals surface area contributed by atoms with Crippen molar-refractivity contribution in [2.24, 2.45) is 0 Å². The topological polar surface area (TPSA) is 77.8 Å². The van der Waals surface area contributed by atoms with Crippen molar-refractivity contribution >= 4 is 23.7 Å². The summed E-state index contributed by atoms with van der Waals surface area (Å²) in [5.74, 6) is -1.15. The number of aliphatic carboxylic acids is 1. The van der Waals surface area contributed by atoms with Crippen LogP contribution in [0.2, 0.25) is 0 Å². The van der Waals surface area contributed by atoms with Crippen LogP contribution in [-0.4, -0.2) is 45.6 Å². The van der Waals surface area contributed by atoms with Crippen molar-refractivity contribution in [3.8, 4) is 0 Å². The molecule has 0 saturated carbocycles. The minimum atomic E-state index is -1.15. The van der Waals surface area contributed by atoms with Crippen LogP contribution in [0.15, 0.2) is 11.6 Å². The van der Waals surface area contributed by atoms with Crippen LogP contribution in [0, 0.1) is 0 Å². The normalized spacial score (nSPS) is 21.5. The number of nitrogens with zero attached hydrogens (tertiary/aromatic N) is 1. The molecule has 0 bridgehead atoms. The number of carboxylic acids is 1. The fraction of sp³-hybridized carbons (Fsp3) is 0.429. The maximum atomic E-state index is 10.6. The van der Waals surface area contributed by atoms with Gasteiger partial charge in [0, 0.05) is 12.4 Å². The first-order chi connectivity index (χ1) is 6.07. The van der Waals surface area contributed by atoms with Gasteiger partial charge in [-0.1, -0.05) is 6.08 Å². The van der Waals surface area contributed by atoms with Crippen molar-refractivity contribution in [2.45, 2.75) is 6.04 Å². The standard InChI is InChI=1S/C7H8ClNO4/c8-3-5-4(6(10)11)1-2-9(5)7(12)13/h1,5H,2-3H2,(H,10,11)(H,12,13)/t5-/m1/s1. The number of amides is 1. The summed E-state index contributed by atoms with van der Waals surface area (Å²) in [7, 11) is 0. The molecular weight excluding hydrogens is 198 g/mol. The highest BCUT2D eigenvalue weighted by Crippen LogP contribution is 2.19. The largest absolute Gasteiger partial charge is 0.478 e. The first-order valence-corrected chi connectivity index (χ1v) is 4.10. The zero-order valence-corrected chi connectivity index (χ0v) is 7.36. The summed E-state index contributed by atoms with van der Waals surface area (Å²) >= 11 is 5.48. The molecule has 1 amide bonds. The van der Waals surface area contributed by atoms with Crippen LogP contribution in [0.25, 0.3) is 0 Å². The molecule has 2 N–H and O–H groups in total. The van der Waals surface area contributed by atoms with Crippen LogP contribution in [0.3, 0.4) is 0 Å². The van der Waals surface area contributed by atoms with Gasteiger partial charge < -0.3 is 10.2 Å². The van der Waals surface area contributed by atoms with Crippen LogP contribution < -0.4 is 0 Å². The highest BCUT2D eigenvalue weighted by molar-refractivity contribution is 6.19. The summed E-state index contributed by atoms with van der Waals surface area (Å²) in [5, 5.41) is 17.3. The van der Waals surface area contributed by atoms with E-state index in [0.717, 1.165) is 4.90 Å². The molecule has 0 aromatic heterocycles. The molecule has 0 unspecified atom stereocenters.